The van der Waals surface area contributed by atoms with Crippen molar-refractivity contribution < 1.29 is 23.8 Å². The molecular formula is C24H27N3O5. The fraction of sp³-hybridized carbons (Fsp3) is 0.333. The van der Waals surface area contributed by atoms with Gasteiger partial charge >= 0.3 is 12.1 Å². The first-order valence-electron chi connectivity index (χ1n) is 10.5. The molecule has 0 radical (unpaired) electrons. The van der Waals surface area contributed by atoms with Crippen molar-refractivity contribution in [3.63, 3.8) is 0 Å². The minimum atomic E-state index is -0.776. The molecule has 1 aromatic heterocycles. The lowest BCUT2D eigenvalue weighted by atomic mass is 10.2. The first-order valence-corrected chi connectivity index (χ1v) is 10.5. The van der Waals surface area contributed by atoms with Crippen molar-refractivity contribution in [2.75, 3.05) is 13.2 Å². The van der Waals surface area contributed by atoms with E-state index in [0.29, 0.717) is 30.0 Å². The number of unbranched alkanes of at least 4 members (excludes halogenated alkanes) is 3. The number of hydrogen-bond acceptors (Lipinski definition) is 7. The van der Waals surface area contributed by atoms with Gasteiger partial charge in [0.2, 0.25) is 0 Å². The number of carbonyl (C=O) groups excluding carboxylic acids is 2. The number of esters is 1. The molecule has 3 rings (SSSR count). The Morgan fingerprint density at radius 2 is 1.56 bits per heavy atom. The van der Waals surface area contributed by atoms with Crippen molar-refractivity contribution >= 4 is 23.2 Å². The highest BCUT2D eigenvalue weighted by molar-refractivity contribution is 5.86. The molecule has 0 bridgehead atoms. The molecular weight excluding hydrogens is 410 g/mol. The predicted molar refractivity (Wildman–Crippen MR) is 120 cm³/mol. The van der Waals surface area contributed by atoms with Crippen molar-refractivity contribution in [3.05, 3.63) is 60.2 Å². The van der Waals surface area contributed by atoms with E-state index in [4.69, 9.17) is 14.2 Å². The van der Waals surface area contributed by atoms with E-state index >= 15 is 0 Å². The van der Waals surface area contributed by atoms with Crippen LogP contribution in [0.2, 0.25) is 0 Å². The standard InChI is InChI=1S/C24H27N3O5/c1-17(2)23(28)30-14-8-4-5-9-15-31-24(29)32-22-13-12-18(3)16-21(22)27-25-19-10-6-7-11-20(19)26-27/h6-7,10-13,16H,1,4-5,8-9,14-15H2,2-3H3. The molecule has 168 valence electrons. The first kappa shape index (κ1) is 23.0. The van der Waals surface area contributed by atoms with Gasteiger partial charge in [0.1, 0.15) is 16.7 Å². The monoisotopic (exact) mass is 437 g/mol. The predicted octanol–water partition coefficient (Wildman–Crippen LogP) is 4.92. The minimum absolute atomic E-state index is 0.246. The van der Waals surface area contributed by atoms with Gasteiger partial charge in [0.25, 0.3) is 0 Å². The van der Waals surface area contributed by atoms with Crippen LogP contribution < -0.4 is 4.74 Å². The van der Waals surface area contributed by atoms with Crippen molar-refractivity contribution in [2.45, 2.75) is 39.5 Å². The average molecular weight is 437 g/mol. The van der Waals surface area contributed by atoms with Gasteiger partial charge in [-0.3, -0.25) is 0 Å². The molecule has 0 fully saturated rings. The van der Waals surface area contributed by atoms with E-state index in [0.717, 1.165) is 35.9 Å². The first-order chi connectivity index (χ1) is 15.4. The maximum atomic E-state index is 12.2. The number of nitrogens with zero attached hydrogens (tertiary/aromatic N) is 3. The Morgan fingerprint density at radius 1 is 0.938 bits per heavy atom. The Kier molecular flexibility index (Phi) is 7.96. The van der Waals surface area contributed by atoms with E-state index in [1.807, 2.05) is 43.3 Å². The third kappa shape index (κ3) is 6.41. The zero-order chi connectivity index (χ0) is 22.9. The van der Waals surface area contributed by atoms with Crippen LogP contribution in [-0.2, 0) is 14.3 Å². The van der Waals surface area contributed by atoms with Crippen LogP contribution in [0.1, 0.15) is 38.2 Å². The lowest BCUT2D eigenvalue weighted by Gasteiger charge is -2.10. The highest BCUT2D eigenvalue weighted by Gasteiger charge is 2.15. The molecule has 32 heavy (non-hydrogen) atoms. The molecule has 2 aromatic carbocycles. The smallest absolute Gasteiger partial charge is 0.462 e. The third-order valence-corrected chi connectivity index (χ3v) is 4.65. The number of aromatic nitrogens is 3. The maximum Gasteiger partial charge on any atom is 0.513 e. The largest absolute Gasteiger partial charge is 0.513 e. The summed E-state index contributed by atoms with van der Waals surface area (Å²) in [6, 6.07) is 12.9. The Morgan fingerprint density at radius 3 is 2.19 bits per heavy atom. The Labute approximate surface area is 186 Å². The van der Waals surface area contributed by atoms with Gasteiger partial charge in [-0.15, -0.1) is 15.0 Å². The molecule has 8 nitrogen and oxygen atoms in total. The third-order valence-electron chi connectivity index (χ3n) is 4.65. The van der Waals surface area contributed by atoms with Gasteiger partial charge in [0.05, 0.1) is 13.2 Å². The van der Waals surface area contributed by atoms with Crippen LogP contribution in [0.15, 0.2) is 54.6 Å². The Balaban J connectivity index is 1.46. The van der Waals surface area contributed by atoms with Gasteiger partial charge in [-0.05, 0) is 69.4 Å². The van der Waals surface area contributed by atoms with Crippen LogP contribution in [0.4, 0.5) is 4.79 Å². The number of ether oxygens (including phenoxy) is 3. The SMILES string of the molecule is C=C(C)C(=O)OCCCCCCOC(=O)Oc1ccc(C)cc1-n1nc2ccccc2n1. The van der Waals surface area contributed by atoms with E-state index in [1.165, 1.54) is 4.80 Å². The van der Waals surface area contributed by atoms with Gasteiger partial charge in [-0.25, -0.2) is 9.59 Å². The zero-order valence-corrected chi connectivity index (χ0v) is 18.4. The second-order valence-electron chi connectivity index (χ2n) is 7.48. The summed E-state index contributed by atoms with van der Waals surface area (Å²) in [4.78, 5) is 24.9. The van der Waals surface area contributed by atoms with Crippen LogP contribution in [0.3, 0.4) is 0 Å². The quantitative estimate of drug-likeness (QED) is 0.192. The summed E-state index contributed by atoms with van der Waals surface area (Å²) in [6.07, 6.45) is 2.37. The average Bonchev–Trinajstić information content (AvgIpc) is 3.20. The molecule has 0 saturated carbocycles. The molecule has 1 heterocycles. The van der Waals surface area contributed by atoms with E-state index in [1.54, 1.807) is 13.0 Å². The number of carbonyl (C=O) groups is 2. The second kappa shape index (κ2) is 11.1. The minimum Gasteiger partial charge on any atom is -0.462 e. The number of hydrogen-bond donors (Lipinski definition) is 0. The van der Waals surface area contributed by atoms with Crippen molar-refractivity contribution in [3.8, 4) is 11.4 Å². The molecule has 0 saturated heterocycles. The number of fused-ring (bicyclic) bond motifs is 1. The van der Waals surface area contributed by atoms with Crippen molar-refractivity contribution in [2.24, 2.45) is 0 Å². The van der Waals surface area contributed by atoms with Gasteiger partial charge in [0.15, 0.2) is 5.75 Å². The Bertz CT molecular complexity index is 1070. The number of aryl methyl sites for hydroxylation is 1. The summed E-state index contributed by atoms with van der Waals surface area (Å²) in [5.74, 6) is -0.0507. The van der Waals surface area contributed by atoms with E-state index in [9.17, 15) is 9.59 Å². The van der Waals surface area contributed by atoms with Crippen LogP contribution in [0.25, 0.3) is 16.7 Å². The molecule has 0 spiro atoms. The molecule has 8 heteroatoms. The molecule has 0 aliphatic heterocycles. The molecule has 0 aliphatic rings. The molecule has 3 aromatic rings. The highest BCUT2D eigenvalue weighted by Crippen LogP contribution is 2.25. The lowest BCUT2D eigenvalue weighted by Crippen LogP contribution is -2.13. The summed E-state index contributed by atoms with van der Waals surface area (Å²) in [6.45, 7) is 7.70. The second-order valence-corrected chi connectivity index (χ2v) is 7.48. The van der Waals surface area contributed by atoms with Gasteiger partial charge < -0.3 is 14.2 Å². The Hall–Kier alpha value is -3.68. The number of benzene rings is 2. The highest BCUT2D eigenvalue weighted by atomic mass is 16.7. The van der Waals surface area contributed by atoms with E-state index in [2.05, 4.69) is 16.8 Å². The molecule has 0 amide bonds. The molecule has 0 atom stereocenters. The van der Waals surface area contributed by atoms with Crippen LogP contribution in [-0.4, -0.2) is 40.3 Å². The summed E-state index contributed by atoms with van der Waals surface area (Å²) >= 11 is 0. The van der Waals surface area contributed by atoms with Gasteiger partial charge in [0, 0.05) is 5.57 Å². The van der Waals surface area contributed by atoms with Crippen LogP contribution in [0, 0.1) is 6.92 Å². The molecule has 0 N–H and O–H groups in total. The molecule has 0 unspecified atom stereocenters. The fourth-order valence-corrected chi connectivity index (χ4v) is 2.96. The van der Waals surface area contributed by atoms with Crippen LogP contribution >= 0.6 is 0 Å². The van der Waals surface area contributed by atoms with E-state index in [-0.39, 0.29) is 12.6 Å². The fourth-order valence-electron chi connectivity index (χ4n) is 2.96. The topological polar surface area (TPSA) is 92.5 Å². The summed E-state index contributed by atoms with van der Waals surface area (Å²) in [7, 11) is 0. The maximum absolute atomic E-state index is 12.2. The summed E-state index contributed by atoms with van der Waals surface area (Å²) < 4.78 is 15.6. The summed E-state index contributed by atoms with van der Waals surface area (Å²) in [5.41, 5.74) is 3.43. The van der Waals surface area contributed by atoms with Crippen molar-refractivity contribution in [1.29, 1.82) is 0 Å². The number of rotatable bonds is 10. The normalized spacial score (nSPS) is 10.7. The zero-order valence-electron chi connectivity index (χ0n) is 18.4. The van der Waals surface area contributed by atoms with Crippen molar-refractivity contribution in [1.82, 2.24) is 15.0 Å². The van der Waals surface area contributed by atoms with E-state index < -0.39 is 6.16 Å². The van der Waals surface area contributed by atoms with Gasteiger partial charge in [-0.2, -0.15) is 0 Å². The summed E-state index contributed by atoms with van der Waals surface area (Å²) in [5, 5.41) is 8.92. The lowest BCUT2D eigenvalue weighted by molar-refractivity contribution is -0.139. The van der Waals surface area contributed by atoms with Gasteiger partial charge in [-0.1, -0.05) is 24.8 Å². The molecule has 0 aliphatic carbocycles. The van der Waals surface area contributed by atoms with Crippen LogP contribution in [0.5, 0.6) is 5.75 Å².